The molecule has 1 aromatic heterocycles. The van der Waals surface area contributed by atoms with Crippen LogP contribution in [-0.4, -0.2) is 21.9 Å². The summed E-state index contributed by atoms with van der Waals surface area (Å²) in [6.45, 7) is 7.97. The maximum absolute atomic E-state index is 11.8. The Hall–Kier alpha value is -1.36. The number of nitrogens with two attached hydrogens (primary N) is 1. The molecule has 1 heterocycles. The normalized spacial score (nSPS) is 15.4. The summed E-state index contributed by atoms with van der Waals surface area (Å²) in [5, 5.41) is 2.87. The average molecular weight is 238 g/mol. The Morgan fingerprint density at radius 1 is 1.59 bits per heavy atom. The number of amides is 1. The van der Waals surface area contributed by atoms with Gasteiger partial charge in [-0.25, -0.2) is 4.98 Å². The fourth-order valence-electron chi connectivity index (χ4n) is 1.39. The summed E-state index contributed by atoms with van der Waals surface area (Å²) in [7, 11) is 0. The molecule has 0 aliphatic rings. The summed E-state index contributed by atoms with van der Waals surface area (Å²) < 4.78 is 0. The monoisotopic (exact) mass is 238 g/mol. The van der Waals surface area contributed by atoms with Gasteiger partial charge in [0.2, 0.25) is 5.91 Å². The predicted molar refractivity (Wildman–Crippen MR) is 67.2 cm³/mol. The van der Waals surface area contributed by atoms with Gasteiger partial charge in [0.15, 0.2) is 0 Å². The minimum absolute atomic E-state index is 0.0451. The van der Waals surface area contributed by atoms with Crippen LogP contribution in [0.5, 0.6) is 0 Å². The van der Waals surface area contributed by atoms with Crippen LogP contribution >= 0.6 is 0 Å². The number of carbonyl (C=O) groups is 1. The summed E-state index contributed by atoms with van der Waals surface area (Å²) in [5.41, 5.74) is 5.90. The highest BCUT2D eigenvalue weighted by atomic mass is 16.1. The van der Waals surface area contributed by atoms with E-state index >= 15 is 0 Å². The van der Waals surface area contributed by atoms with Gasteiger partial charge < -0.3 is 16.0 Å². The molecule has 0 bridgehead atoms. The molecule has 17 heavy (non-hydrogen) atoms. The highest BCUT2D eigenvalue weighted by Gasteiger charge is 2.24. The van der Waals surface area contributed by atoms with Gasteiger partial charge in [0.1, 0.15) is 5.82 Å². The van der Waals surface area contributed by atoms with Gasteiger partial charge in [0.25, 0.3) is 0 Å². The quantitative estimate of drug-likeness (QED) is 0.740. The minimum atomic E-state index is -0.147. The SMILES string of the molecule is CC(NC(=O)CC(N)C(C)(C)C)c1ncc[nH]1. The smallest absolute Gasteiger partial charge is 0.222 e. The zero-order valence-electron chi connectivity index (χ0n) is 10.9. The van der Waals surface area contributed by atoms with E-state index in [1.807, 2.05) is 27.7 Å². The average Bonchev–Trinajstić information content (AvgIpc) is 2.68. The van der Waals surface area contributed by atoms with Crippen LogP contribution in [-0.2, 0) is 4.79 Å². The van der Waals surface area contributed by atoms with E-state index in [4.69, 9.17) is 5.73 Å². The van der Waals surface area contributed by atoms with Gasteiger partial charge in [0, 0.05) is 24.9 Å². The molecule has 0 spiro atoms. The molecule has 2 unspecified atom stereocenters. The highest BCUT2D eigenvalue weighted by molar-refractivity contribution is 5.77. The van der Waals surface area contributed by atoms with E-state index in [0.717, 1.165) is 5.82 Å². The summed E-state index contributed by atoms with van der Waals surface area (Å²) >= 11 is 0. The number of hydrogen-bond donors (Lipinski definition) is 3. The second-order valence-corrected chi connectivity index (χ2v) is 5.44. The molecule has 1 rings (SSSR count). The molecule has 0 saturated carbocycles. The number of H-pyrrole nitrogens is 1. The zero-order valence-corrected chi connectivity index (χ0v) is 10.9. The summed E-state index contributed by atoms with van der Waals surface area (Å²) in [4.78, 5) is 18.8. The molecule has 5 heteroatoms. The van der Waals surface area contributed by atoms with Crippen LogP contribution in [0.25, 0.3) is 0 Å². The molecule has 1 amide bonds. The Bertz CT molecular complexity index is 353. The van der Waals surface area contributed by atoms with Crippen LogP contribution in [0.1, 0.15) is 46.0 Å². The van der Waals surface area contributed by atoms with Gasteiger partial charge in [-0.3, -0.25) is 4.79 Å². The van der Waals surface area contributed by atoms with Crippen LogP contribution in [0.4, 0.5) is 0 Å². The van der Waals surface area contributed by atoms with Crippen molar-refractivity contribution in [3.05, 3.63) is 18.2 Å². The van der Waals surface area contributed by atoms with Crippen molar-refractivity contribution < 1.29 is 4.79 Å². The molecule has 1 aromatic rings. The second kappa shape index (κ2) is 5.31. The predicted octanol–water partition coefficient (Wildman–Crippen LogP) is 1.35. The molecule has 2 atom stereocenters. The Labute approximate surface area is 102 Å². The van der Waals surface area contributed by atoms with Crippen molar-refractivity contribution in [1.29, 1.82) is 0 Å². The van der Waals surface area contributed by atoms with Crippen molar-refractivity contribution in [2.45, 2.75) is 46.2 Å². The van der Waals surface area contributed by atoms with Crippen molar-refractivity contribution in [1.82, 2.24) is 15.3 Å². The first-order valence-corrected chi connectivity index (χ1v) is 5.85. The van der Waals surface area contributed by atoms with E-state index in [0.29, 0.717) is 6.42 Å². The molecule has 5 nitrogen and oxygen atoms in total. The third-order valence-electron chi connectivity index (χ3n) is 2.82. The molecule has 0 aliphatic heterocycles. The molecular weight excluding hydrogens is 216 g/mol. The highest BCUT2D eigenvalue weighted by Crippen LogP contribution is 2.19. The Morgan fingerprint density at radius 2 is 2.24 bits per heavy atom. The Balaban J connectivity index is 2.45. The van der Waals surface area contributed by atoms with Crippen LogP contribution in [0.15, 0.2) is 12.4 Å². The second-order valence-electron chi connectivity index (χ2n) is 5.44. The number of aromatic nitrogens is 2. The van der Waals surface area contributed by atoms with Crippen LogP contribution in [0, 0.1) is 5.41 Å². The van der Waals surface area contributed by atoms with Gasteiger partial charge in [-0.15, -0.1) is 0 Å². The van der Waals surface area contributed by atoms with E-state index < -0.39 is 0 Å². The van der Waals surface area contributed by atoms with Gasteiger partial charge in [-0.05, 0) is 12.3 Å². The van der Waals surface area contributed by atoms with E-state index in [2.05, 4.69) is 15.3 Å². The summed E-state index contributed by atoms with van der Waals surface area (Å²) in [5.74, 6) is 0.707. The number of nitrogens with zero attached hydrogens (tertiary/aromatic N) is 1. The Morgan fingerprint density at radius 3 is 2.71 bits per heavy atom. The molecule has 0 radical (unpaired) electrons. The third kappa shape index (κ3) is 4.19. The first-order valence-electron chi connectivity index (χ1n) is 5.85. The minimum Gasteiger partial charge on any atom is -0.347 e. The fourth-order valence-corrected chi connectivity index (χ4v) is 1.39. The fraction of sp³-hybridized carbons (Fsp3) is 0.667. The van der Waals surface area contributed by atoms with Crippen molar-refractivity contribution in [2.75, 3.05) is 0 Å². The molecule has 0 fully saturated rings. The summed E-state index contributed by atoms with van der Waals surface area (Å²) in [6, 6.07) is -0.268. The molecule has 0 aromatic carbocycles. The lowest BCUT2D eigenvalue weighted by Gasteiger charge is -2.26. The lowest BCUT2D eigenvalue weighted by atomic mass is 9.85. The van der Waals surface area contributed by atoms with Gasteiger partial charge in [0.05, 0.1) is 6.04 Å². The van der Waals surface area contributed by atoms with Crippen molar-refractivity contribution >= 4 is 5.91 Å². The topological polar surface area (TPSA) is 83.8 Å². The number of imidazole rings is 1. The lowest BCUT2D eigenvalue weighted by Crippen LogP contribution is -2.40. The first kappa shape index (κ1) is 13.7. The van der Waals surface area contributed by atoms with Crippen molar-refractivity contribution in [2.24, 2.45) is 11.1 Å². The standard InChI is InChI=1S/C12H22N4O/c1-8(11-14-5-6-15-11)16-10(17)7-9(13)12(2,3)4/h5-6,8-9H,7,13H2,1-4H3,(H,14,15)(H,16,17). The number of hydrogen-bond acceptors (Lipinski definition) is 3. The maximum Gasteiger partial charge on any atom is 0.222 e. The van der Waals surface area contributed by atoms with Gasteiger partial charge in [-0.1, -0.05) is 20.8 Å². The van der Waals surface area contributed by atoms with Crippen LogP contribution in [0.3, 0.4) is 0 Å². The number of nitrogens with one attached hydrogen (secondary N) is 2. The Kier molecular flexibility index (Phi) is 4.28. The van der Waals surface area contributed by atoms with E-state index in [1.165, 1.54) is 0 Å². The van der Waals surface area contributed by atoms with E-state index in [9.17, 15) is 4.79 Å². The number of rotatable bonds is 4. The first-order chi connectivity index (χ1) is 7.80. The van der Waals surface area contributed by atoms with Crippen molar-refractivity contribution in [3.8, 4) is 0 Å². The molecule has 0 saturated heterocycles. The molecular formula is C12H22N4O. The maximum atomic E-state index is 11.8. The van der Waals surface area contributed by atoms with Gasteiger partial charge >= 0.3 is 0 Å². The lowest BCUT2D eigenvalue weighted by molar-refractivity contribution is -0.122. The van der Waals surface area contributed by atoms with Crippen molar-refractivity contribution in [3.63, 3.8) is 0 Å². The molecule has 96 valence electrons. The summed E-state index contributed by atoms with van der Waals surface area (Å²) in [6.07, 6.45) is 3.73. The molecule has 0 aliphatic carbocycles. The van der Waals surface area contributed by atoms with E-state index in [-0.39, 0.29) is 23.4 Å². The van der Waals surface area contributed by atoms with Gasteiger partial charge in [-0.2, -0.15) is 0 Å². The zero-order chi connectivity index (χ0) is 13.1. The van der Waals surface area contributed by atoms with E-state index in [1.54, 1.807) is 12.4 Å². The number of carbonyl (C=O) groups excluding carboxylic acids is 1. The third-order valence-corrected chi connectivity index (χ3v) is 2.82. The van der Waals surface area contributed by atoms with Crippen LogP contribution < -0.4 is 11.1 Å². The van der Waals surface area contributed by atoms with Crippen LogP contribution in [0.2, 0.25) is 0 Å². The number of aromatic amines is 1. The largest absolute Gasteiger partial charge is 0.347 e. The molecule has 4 N–H and O–H groups in total.